The van der Waals surface area contributed by atoms with Gasteiger partial charge in [0, 0.05) is 0 Å². The molecule has 0 bridgehead atoms. The molecule has 1 unspecified atom stereocenters. The predicted octanol–water partition coefficient (Wildman–Crippen LogP) is 0.936. The van der Waals surface area contributed by atoms with E-state index in [4.69, 9.17) is 5.11 Å². The third-order valence-electron chi connectivity index (χ3n) is 1.33. The first-order valence-electron chi connectivity index (χ1n) is 3.61. The van der Waals surface area contributed by atoms with Crippen LogP contribution in [-0.4, -0.2) is 23.7 Å². The number of hydrogen-bond acceptors (Lipinski definition) is 3. The number of aliphatic carboxylic acids is 1. The van der Waals surface area contributed by atoms with Gasteiger partial charge in [-0.15, -0.1) is 0 Å². The van der Waals surface area contributed by atoms with Crippen LogP contribution in [0.5, 0.6) is 0 Å². The Morgan fingerprint density at radius 3 is 2.58 bits per heavy atom. The molecule has 0 aliphatic carbocycles. The van der Waals surface area contributed by atoms with Gasteiger partial charge in [0.15, 0.2) is 0 Å². The molecular formula is C7H12NO3P. The maximum atomic E-state index is 10.2. The molecule has 0 rings (SSSR count). The zero-order chi connectivity index (χ0) is 9.56. The average molecular weight is 189 g/mol. The van der Waals surface area contributed by atoms with E-state index >= 15 is 0 Å². The van der Waals surface area contributed by atoms with E-state index in [1.165, 1.54) is 0 Å². The first kappa shape index (κ1) is 11.4. The number of carboxylic acid groups (broad SMARTS) is 1. The van der Waals surface area contributed by atoms with Gasteiger partial charge in [-0.1, -0.05) is 0 Å². The second kappa shape index (κ2) is 6.01. The molecule has 68 valence electrons. The van der Waals surface area contributed by atoms with E-state index in [-0.39, 0.29) is 26.4 Å². The Balaban J connectivity index is 4.02. The summed E-state index contributed by atoms with van der Waals surface area (Å²) in [5.41, 5.74) is 2.58. The Morgan fingerprint density at radius 2 is 2.25 bits per heavy atom. The molecule has 0 fully saturated rings. The first-order valence-corrected chi connectivity index (χ1v) is 4.42. The molecule has 0 aromatic heterocycles. The van der Waals surface area contributed by atoms with Crippen LogP contribution in [0.25, 0.3) is 0 Å². The van der Waals surface area contributed by atoms with Crippen LogP contribution in [0.1, 0.15) is 13.8 Å². The van der Waals surface area contributed by atoms with E-state index in [2.05, 4.69) is 10.9 Å². The summed E-state index contributed by atoms with van der Waals surface area (Å²) in [5.74, 6) is -0.740. The maximum absolute atomic E-state index is 10.2. The molecule has 5 heteroatoms. The van der Waals surface area contributed by atoms with Crippen LogP contribution in [0.4, 0.5) is 0 Å². The molecule has 0 amide bonds. The van der Waals surface area contributed by atoms with Crippen LogP contribution in [0.15, 0.2) is 0 Å². The molecule has 0 heterocycles. The van der Waals surface area contributed by atoms with Gasteiger partial charge in [0.2, 0.25) is 0 Å². The molecule has 4 nitrogen and oxygen atoms in total. The van der Waals surface area contributed by atoms with Crippen molar-refractivity contribution in [2.24, 2.45) is 5.92 Å². The Bertz CT molecular complexity index is 244. The fourth-order valence-corrected chi connectivity index (χ4v) is 1.19. The molecule has 12 heavy (non-hydrogen) atoms. The minimum atomic E-state index is -0.926. The molecule has 0 aromatic carbocycles. The Hall–Kier alpha value is -0.560. The zero-order valence-corrected chi connectivity index (χ0v) is 7.97. The fourth-order valence-electron chi connectivity index (χ4n) is 0.684. The molecule has 0 aromatic rings. The van der Waals surface area contributed by atoms with Crippen molar-refractivity contribution in [2.75, 3.05) is 6.54 Å². The quantitative estimate of drug-likeness (QED) is 0.646. The second-order valence-electron chi connectivity index (χ2n) is 2.72. The Kier molecular flexibility index (Phi) is 5.73. The third kappa shape index (κ3) is 5.14. The van der Waals surface area contributed by atoms with Gasteiger partial charge in [-0.05, 0) is 0 Å². The van der Waals surface area contributed by atoms with Crippen molar-refractivity contribution >= 4 is 13.9 Å². The molecule has 0 saturated heterocycles. The summed E-state index contributed by atoms with van der Waals surface area (Å²) >= 11 is 0. The van der Waals surface area contributed by atoms with Gasteiger partial charge in [-0.25, -0.2) is 0 Å². The van der Waals surface area contributed by atoms with Gasteiger partial charge in [0.25, 0.3) is 0 Å². The van der Waals surface area contributed by atoms with E-state index in [0.29, 0.717) is 0 Å². The van der Waals surface area contributed by atoms with Gasteiger partial charge < -0.3 is 0 Å². The Morgan fingerprint density at radius 1 is 1.67 bits per heavy atom. The van der Waals surface area contributed by atoms with Crippen molar-refractivity contribution in [2.45, 2.75) is 19.9 Å². The predicted molar refractivity (Wildman–Crippen MR) is 45.8 cm³/mol. The van der Waals surface area contributed by atoms with Gasteiger partial charge in [-0.2, -0.15) is 0 Å². The summed E-state index contributed by atoms with van der Waals surface area (Å²) in [6.45, 7) is 3.67. The molecule has 2 N–H and O–H groups in total. The van der Waals surface area contributed by atoms with Crippen molar-refractivity contribution in [3.63, 3.8) is 0 Å². The van der Waals surface area contributed by atoms with Crippen molar-refractivity contribution in [3.8, 4) is 5.63 Å². The third-order valence-corrected chi connectivity index (χ3v) is 1.72. The molecule has 1 atom stereocenters. The van der Waals surface area contributed by atoms with Gasteiger partial charge in [0.1, 0.15) is 0 Å². The van der Waals surface area contributed by atoms with Crippen molar-refractivity contribution in [1.29, 1.82) is 0 Å². The van der Waals surface area contributed by atoms with Gasteiger partial charge in [-0.3, -0.25) is 0 Å². The van der Waals surface area contributed by atoms with Crippen LogP contribution in [0.3, 0.4) is 0 Å². The van der Waals surface area contributed by atoms with Gasteiger partial charge >= 0.3 is 71.6 Å². The number of hydrogen-bond donors (Lipinski definition) is 2. The normalized spacial score (nSPS) is 12.2. The van der Waals surface area contributed by atoms with E-state index in [9.17, 15) is 9.36 Å². The van der Waals surface area contributed by atoms with Crippen molar-refractivity contribution < 1.29 is 14.5 Å². The topological polar surface area (TPSA) is 66.4 Å². The molecule has 0 saturated carbocycles. The van der Waals surface area contributed by atoms with Crippen molar-refractivity contribution in [1.82, 2.24) is 5.32 Å². The molecule has 0 aliphatic heterocycles. The minimum absolute atomic E-state index is 0.134. The van der Waals surface area contributed by atoms with Crippen LogP contribution < -0.4 is 5.32 Å². The standard InChI is InChI=1S/C7H12NO3P/c1-5(2)6(4-12-11)8-3-7(9)10/h5-6,8H,3H2,1-2H3,(H,9,10). The first-order chi connectivity index (χ1) is 5.57. The van der Waals surface area contributed by atoms with Crippen LogP contribution in [-0.2, 0) is 9.36 Å². The van der Waals surface area contributed by atoms with Crippen LogP contribution in [0.2, 0.25) is 0 Å². The molecular weight excluding hydrogens is 177 g/mol. The van der Waals surface area contributed by atoms with Gasteiger partial charge in [0.05, 0.1) is 0 Å². The summed E-state index contributed by atoms with van der Waals surface area (Å²) in [6, 6.07) is -0.236. The summed E-state index contributed by atoms with van der Waals surface area (Å²) < 4.78 is 10.2. The summed E-state index contributed by atoms with van der Waals surface area (Å²) in [4.78, 5) is 10.2. The molecule has 0 spiro atoms. The summed E-state index contributed by atoms with van der Waals surface area (Å²) in [7, 11) is -0.193. The monoisotopic (exact) mass is 189 g/mol. The summed E-state index contributed by atoms with van der Waals surface area (Å²) in [6.07, 6.45) is 0. The second-order valence-corrected chi connectivity index (χ2v) is 3.16. The zero-order valence-electron chi connectivity index (χ0n) is 7.07. The average Bonchev–Trinajstić information content (AvgIpc) is 1.96. The fraction of sp³-hybridized carbons (Fsp3) is 0.714. The SMILES string of the molecule is CC(C)C(C#P=O)NCC(=O)O. The molecule has 0 aliphatic rings. The van der Waals surface area contributed by atoms with Crippen molar-refractivity contribution in [3.05, 3.63) is 0 Å². The van der Waals surface area contributed by atoms with E-state index in [1.807, 2.05) is 13.8 Å². The summed E-state index contributed by atoms with van der Waals surface area (Å²) in [5, 5.41) is 11.0. The number of nitrogens with one attached hydrogen (secondary N) is 1. The van der Waals surface area contributed by atoms with E-state index in [0.717, 1.165) is 0 Å². The van der Waals surface area contributed by atoms with E-state index < -0.39 is 5.97 Å². The number of rotatable bonds is 4. The number of carboxylic acids is 1. The van der Waals surface area contributed by atoms with E-state index in [1.54, 1.807) is 0 Å². The Labute approximate surface area is 72.5 Å². The van der Waals surface area contributed by atoms with Crippen LogP contribution >= 0.6 is 7.92 Å². The number of carbonyl (C=O) groups is 1. The molecule has 0 radical (unpaired) electrons. The van der Waals surface area contributed by atoms with Crippen LogP contribution in [0, 0.1) is 11.5 Å².